The zero-order valence-electron chi connectivity index (χ0n) is 13.4. The van der Waals surface area contributed by atoms with Crippen LogP contribution in [0.25, 0.3) is 0 Å². The van der Waals surface area contributed by atoms with Gasteiger partial charge >= 0.3 is 0 Å². The number of amides is 1. The summed E-state index contributed by atoms with van der Waals surface area (Å²) < 4.78 is 32.1. The van der Waals surface area contributed by atoms with Crippen molar-refractivity contribution in [1.29, 1.82) is 0 Å². The average Bonchev–Trinajstić information content (AvgIpc) is 3.26. The van der Waals surface area contributed by atoms with Crippen LogP contribution in [0.5, 0.6) is 0 Å². The van der Waals surface area contributed by atoms with E-state index in [1.54, 1.807) is 24.6 Å². The number of nitrogens with one attached hydrogen (secondary N) is 3. The van der Waals surface area contributed by atoms with Gasteiger partial charge in [0.15, 0.2) is 5.13 Å². The van der Waals surface area contributed by atoms with Crippen LogP contribution in [0.3, 0.4) is 0 Å². The van der Waals surface area contributed by atoms with Crippen molar-refractivity contribution in [3.8, 4) is 0 Å². The summed E-state index contributed by atoms with van der Waals surface area (Å²) in [6.45, 7) is 0.633. The third kappa shape index (κ3) is 4.34. The van der Waals surface area contributed by atoms with Gasteiger partial charge in [-0.2, -0.15) is 0 Å². The van der Waals surface area contributed by atoms with Gasteiger partial charge in [-0.05, 0) is 30.7 Å². The van der Waals surface area contributed by atoms with E-state index in [0.29, 0.717) is 23.8 Å². The Morgan fingerprint density at radius 2 is 2.12 bits per heavy atom. The molecule has 1 saturated heterocycles. The number of hydrogen-bond acceptors (Lipinski definition) is 7. The first-order chi connectivity index (χ1) is 12.0. The predicted octanol–water partition coefficient (Wildman–Crippen LogP) is 1.26. The van der Waals surface area contributed by atoms with Crippen molar-refractivity contribution in [2.75, 3.05) is 23.7 Å². The quantitative estimate of drug-likeness (QED) is 0.694. The first-order valence-corrected chi connectivity index (χ1v) is 9.93. The summed E-state index contributed by atoms with van der Waals surface area (Å²) in [5.41, 5.74) is 0.529. The Labute approximate surface area is 149 Å². The number of ether oxygens (including phenoxy) is 1. The summed E-state index contributed by atoms with van der Waals surface area (Å²) in [5, 5.41) is 7.84. The number of carbonyl (C=O) groups excluding carboxylic acids is 1. The molecule has 0 unspecified atom stereocenters. The number of nitrogens with zero attached hydrogens (tertiary/aromatic N) is 1. The molecule has 134 valence electrons. The van der Waals surface area contributed by atoms with Gasteiger partial charge in [-0.1, -0.05) is 0 Å². The zero-order chi connectivity index (χ0) is 17.9. The zero-order valence-corrected chi connectivity index (χ0v) is 15.1. The van der Waals surface area contributed by atoms with Crippen LogP contribution in [0.2, 0.25) is 0 Å². The summed E-state index contributed by atoms with van der Waals surface area (Å²) in [4.78, 5) is 16.2. The topological polar surface area (TPSA) is 109 Å². The molecule has 1 aromatic carbocycles. The highest BCUT2D eigenvalue weighted by Gasteiger charge is 2.29. The van der Waals surface area contributed by atoms with Crippen LogP contribution in [0, 0.1) is 0 Å². The first kappa shape index (κ1) is 17.8. The summed E-state index contributed by atoms with van der Waals surface area (Å²) in [6, 6.07) is 5.66. The van der Waals surface area contributed by atoms with Crippen LogP contribution in [0.4, 0.5) is 10.8 Å². The molecule has 3 N–H and O–H groups in total. The fourth-order valence-corrected chi connectivity index (χ4v) is 4.27. The maximum absolute atomic E-state index is 12.3. The molecule has 2 heterocycles. The predicted molar refractivity (Wildman–Crippen MR) is 95.2 cm³/mol. The Balaban J connectivity index is 1.63. The van der Waals surface area contributed by atoms with Crippen molar-refractivity contribution in [2.24, 2.45) is 0 Å². The van der Waals surface area contributed by atoms with Crippen molar-refractivity contribution >= 4 is 38.1 Å². The average molecular weight is 382 g/mol. The van der Waals surface area contributed by atoms with E-state index >= 15 is 0 Å². The van der Waals surface area contributed by atoms with Crippen molar-refractivity contribution in [3.63, 3.8) is 0 Å². The van der Waals surface area contributed by atoms with Crippen LogP contribution in [-0.4, -0.2) is 45.1 Å². The molecule has 2 atom stereocenters. The monoisotopic (exact) mass is 382 g/mol. The number of anilines is 2. The molecule has 2 aromatic rings. The second-order valence-corrected chi connectivity index (χ2v) is 8.09. The number of hydrogen-bond donors (Lipinski definition) is 3. The highest BCUT2D eigenvalue weighted by atomic mass is 32.2. The van der Waals surface area contributed by atoms with Gasteiger partial charge in [0, 0.05) is 30.9 Å². The molecule has 8 nitrogen and oxygen atoms in total. The number of sulfonamides is 1. The highest BCUT2D eigenvalue weighted by Crippen LogP contribution is 2.20. The van der Waals surface area contributed by atoms with Crippen molar-refractivity contribution in [3.05, 3.63) is 35.8 Å². The largest absolute Gasteiger partial charge is 0.380 e. The SMILES string of the molecule is CO[C@@H]1CN[C@@H](C(=O)Nc2ccc(S(=O)(=O)Nc3nccs3)cc2)C1. The molecule has 0 saturated carbocycles. The van der Waals surface area contributed by atoms with Gasteiger partial charge in [-0.3, -0.25) is 9.52 Å². The Kier molecular flexibility index (Phi) is 5.33. The third-order valence-electron chi connectivity index (χ3n) is 3.83. The Morgan fingerprint density at radius 3 is 2.72 bits per heavy atom. The maximum atomic E-state index is 12.3. The van der Waals surface area contributed by atoms with E-state index in [1.807, 2.05) is 0 Å². The molecule has 1 amide bonds. The normalized spacial score (nSPS) is 20.4. The summed E-state index contributed by atoms with van der Waals surface area (Å²) in [5.74, 6) is -0.170. The number of methoxy groups -OCH3 is 1. The Bertz CT molecular complexity index is 822. The van der Waals surface area contributed by atoms with E-state index in [0.717, 1.165) is 0 Å². The summed E-state index contributed by atoms with van der Waals surface area (Å²) >= 11 is 1.20. The van der Waals surface area contributed by atoms with Crippen molar-refractivity contribution < 1.29 is 17.9 Å². The molecule has 0 spiro atoms. The minimum absolute atomic E-state index is 0.0280. The van der Waals surface area contributed by atoms with E-state index in [1.165, 1.54) is 29.7 Å². The molecule has 1 aromatic heterocycles. The molecule has 0 radical (unpaired) electrons. The summed E-state index contributed by atoms with van der Waals surface area (Å²) in [7, 11) is -2.08. The van der Waals surface area contributed by atoms with Crippen LogP contribution >= 0.6 is 11.3 Å². The molecule has 1 aliphatic rings. The lowest BCUT2D eigenvalue weighted by molar-refractivity contribution is -0.118. The molecule has 1 fully saturated rings. The number of benzene rings is 1. The van der Waals surface area contributed by atoms with Gasteiger partial charge in [0.25, 0.3) is 10.0 Å². The van der Waals surface area contributed by atoms with Gasteiger partial charge < -0.3 is 15.4 Å². The fraction of sp³-hybridized carbons (Fsp3) is 0.333. The van der Waals surface area contributed by atoms with E-state index < -0.39 is 10.0 Å². The minimum atomic E-state index is -3.70. The minimum Gasteiger partial charge on any atom is -0.380 e. The number of thiazole rings is 1. The van der Waals surface area contributed by atoms with Gasteiger partial charge in [0.1, 0.15) is 0 Å². The number of rotatable bonds is 6. The Morgan fingerprint density at radius 1 is 1.36 bits per heavy atom. The third-order valence-corrected chi connectivity index (χ3v) is 6.00. The lowest BCUT2D eigenvalue weighted by Gasteiger charge is -2.12. The van der Waals surface area contributed by atoms with E-state index in [2.05, 4.69) is 20.3 Å². The number of aromatic nitrogens is 1. The van der Waals surface area contributed by atoms with Crippen LogP contribution < -0.4 is 15.4 Å². The first-order valence-electron chi connectivity index (χ1n) is 7.57. The van der Waals surface area contributed by atoms with Gasteiger partial charge in [0.2, 0.25) is 5.91 Å². The van der Waals surface area contributed by atoms with Gasteiger partial charge in [-0.25, -0.2) is 13.4 Å². The molecule has 1 aliphatic heterocycles. The number of carbonyl (C=O) groups is 1. The van der Waals surface area contributed by atoms with Crippen LogP contribution in [-0.2, 0) is 19.6 Å². The maximum Gasteiger partial charge on any atom is 0.263 e. The molecule has 25 heavy (non-hydrogen) atoms. The molecular formula is C15H18N4O4S2. The lowest BCUT2D eigenvalue weighted by Crippen LogP contribution is -2.35. The molecule has 10 heteroatoms. The fourth-order valence-electron chi connectivity index (χ4n) is 2.48. The molecular weight excluding hydrogens is 364 g/mol. The molecule has 0 aliphatic carbocycles. The van der Waals surface area contributed by atoms with Crippen molar-refractivity contribution in [2.45, 2.75) is 23.5 Å². The van der Waals surface area contributed by atoms with Crippen LogP contribution in [0.15, 0.2) is 40.7 Å². The smallest absolute Gasteiger partial charge is 0.263 e. The van der Waals surface area contributed by atoms with E-state index in [9.17, 15) is 13.2 Å². The van der Waals surface area contributed by atoms with E-state index in [4.69, 9.17) is 4.74 Å². The van der Waals surface area contributed by atoms with Crippen LogP contribution in [0.1, 0.15) is 6.42 Å². The van der Waals surface area contributed by atoms with Gasteiger partial charge in [-0.15, -0.1) is 11.3 Å². The standard InChI is InChI=1S/C15H18N4O4S2/c1-23-11-8-13(17-9-11)14(20)18-10-2-4-12(5-3-10)25(21,22)19-15-16-6-7-24-15/h2-7,11,13,17H,8-9H2,1H3,(H,16,19)(H,18,20)/t11-,13+/m0/s1. The molecule has 3 rings (SSSR count). The second-order valence-electron chi connectivity index (χ2n) is 5.51. The highest BCUT2D eigenvalue weighted by molar-refractivity contribution is 7.93. The second kappa shape index (κ2) is 7.48. The Hall–Kier alpha value is -2.01. The molecule has 0 bridgehead atoms. The summed E-state index contributed by atoms with van der Waals surface area (Å²) in [6.07, 6.45) is 2.15. The van der Waals surface area contributed by atoms with Gasteiger partial charge in [0.05, 0.1) is 17.0 Å². The van der Waals surface area contributed by atoms with E-state index in [-0.39, 0.29) is 22.9 Å². The van der Waals surface area contributed by atoms with Crippen molar-refractivity contribution in [1.82, 2.24) is 10.3 Å². The lowest BCUT2D eigenvalue weighted by atomic mass is 10.2.